The number of ketones is 1. The summed E-state index contributed by atoms with van der Waals surface area (Å²) >= 11 is 0. The molecule has 122 valence electrons. The van der Waals surface area contributed by atoms with Crippen LogP contribution in [-0.4, -0.2) is 25.9 Å². The summed E-state index contributed by atoms with van der Waals surface area (Å²) in [6.45, 7) is 1.54. The van der Waals surface area contributed by atoms with Crippen LogP contribution in [0.15, 0.2) is 59.5 Å². The highest BCUT2D eigenvalue weighted by Gasteiger charge is 2.15. The van der Waals surface area contributed by atoms with E-state index in [4.69, 9.17) is 0 Å². The summed E-state index contributed by atoms with van der Waals surface area (Å²) < 4.78 is 26.8. The smallest absolute Gasteiger partial charge is 0.240 e. The van der Waals surface area contributed by atoms with Gasteiger partial charge in [0.15, 0.2) is 5.78 Å². The van der Waals surface area contributed by atoms with E-state index in [1.54, 1.807) is 12.1 Å². The lowest BCUT2D eigenvalue weighted by atomic mass is 10.1. The van der Waals surface area contributed by atoms with E-state index in [9.17, 15) is 18.3 Å². The lowest BCUT2D eigenvalue weighted by Gasteiger charge is -2.12. The Balaban J connectivity index is 1.95. The predicted octanol–water partition coefficient (Wildman–Crippen LogP) is 2.29. The van der Waals surface area contributed by atoms with Crippen LogP contribution in [0.25, 0.3) is 0 Å². The molecule has 0 unspecified atom stereocenters. The number of aliphatic hydroxyl groups excluding tert-OH is 1. The van der Waals surface area contributed by atoms with Gasteiger partial charge in [-0.1, -0.05) is 42.5 Å². The second kappa shape index (κ2) is 7.50. The molecule has 0 aromatic heterocycles. The molecule has 0 amide bonds. The lowest BCUT2D eigenvalue weighted by Crippen LogP contribution is -2.26. The number of benzene rings is 2. The van der Waals surface area contributed by atoms with Gasteiger partial charge in [-0.15, -0.1) is 0 Å². The van der Waals surface area contributed by atoms with Gasteiger partial charge >= 0.3 is 0 Å². The molecule has 0 aliphatic heterocycles. The summed E-state index contributed by atoms with van der Waals surface area (Å²) in [5, 5.41) is 10.0. The van der Waals surface area contributed by atoms with E-state index in [1.807, 2.05) is 18.2 Å². The Morgan fingerprint density at radius 2 is 1.70 bits per heavy atom. The monoisotopic (exact) mass is 333 g/mol. The van der Waals surface area contributed by atoms with Crippen LogP contribution in [0.3, 0.4) is 0 Å². The van der Waals surface area contributed by atoms with Gasteiger partial charge in [-0.3, -0.25) is 4.79 Å². The molecule has 2 rings (SSSR count). The normalized spacial score (nSPS) is 12.8. The maximum Gasteiger partial charge on any atom is 0.240 e. The molecule has 1 atom stereocenters. The molecule has 6 heteroatoms. The minimum Gasteiger partial charge on any atom is -0.388 e. The molecule has 23 heavy (non-hydrogen) atoms. The van der Waals surface area contributed by atoms with Gasteiger partial charge in [0.25, 0.3) is 0 Å². The Kier molecular flexibility index (Phi) is 5.65. The second-order valence-electron chi connectivity index (χ2n) is 5.19. The van der Waals surface area contributed by atoms with E-state index < -0.39 is 16.1 Å². The Labute approximate surface area is 136 Å². The molecule has 2 N–H and O–H groups in total. The van der Waals surface area contributed by atoms with Crippen LogP contribution in [0, 0.1) is 0 Å². The minimum atomic E-state index is -3.65. The minimum absolute atomic E-state index is 0.0942. The van der Waals surface area contributed by atoms with Crippen molar-refractivity contribution in [3.63, 3.8) is 0 Å². The quantitative estimate of drug-likeness (QED) is 0.762. The van der Waals surface area contributed by atoms with Crippen molar-refractivity contribution < 1.29 is 18.3 Å². The molecule has 0 radical (unpaired) electrons. The third-order valence-corrected chi connectivity index (χ3v) is 4.94. The standard InChI is InChI=1S/C17H19NO4S/c1-13(19)14-7-9-16(10-8-14)23(21,22)18-12-11-17(20)15-5-3-2-4-6-15/h2-10,17-18,20H,11-12H2,1H3/t17-/m0/s1. The molecular weight excluding hydrogens is 314 g/mol. The van der Waals surface area contributed by atoms with Crippen LogP contribution in [-0.2, 0) is 10.0 Å². The van der Waals surface area contributed by atoms with Crippen LogP contribution >= 0.6 is 0 Å². The van der Waals surface area contributed by atoms with Gasteiger partial charge in [-0.25, -0.2) is 13.1 Å². The number of carbonyl (C=O) groups excluding carboxylic acids is 1. The van der Waals surface area contributed by atoms with Crippen molar-refractivity contribution in [2.45, 2.75) is 24.3 Å². The topological polar surface area (TPSA) is 83.5 Å². The first-order valence-electron chi connectivity index (χ1n) is 7.24. The zero-order valence-electron chi connectivity index (χ0n) is 12.8. The number of sulfonamides is 1. The number of hydrogen-bond acceptors (Lipinski definition) is 4. The molecule has 2 aromatic rings. The molecular formula is C17H19NO4S. The summed E-state index contributed by atoms with van der Waals surface area (Å²) in [4.78, 5) is 11.3. The second-order valence-corrected chi connectivity index (χ2v) is 6.96. The Hall–Kier alpha value is -2.02. The maximum absolute atomic E-state index is 12.2. The molecule has 0 bridgehead atoms. The van der Waals surface area contributed by atoms with Crippen molar-refractivity contribution in [2.75, 3.05) is 6.54 Å². The Morgan fingerprint density at radius 1 is 1.09 bits per heavy atom. The summed E-state index contributed by atoms with van der Waals surface area (Å²) in [5.41, 5.74) is 1.21. The van der Waals surface area contributed by atoms with E-state index in [0.717, 1.165) is 5.56 Å². The van der Waals surface area contributed by atoms with Crippen molar-refractivity contribution in [3.8, 4) is 0 Å². The van der Waals surface area contributed by atoms with Gasteiger partial charge in [0.05, 0.1) is 11.0 Å². The molecule has 0 fully saturated rings. The summed E-state index contributed by atoms with van der Waals surface area (Å²) in [6, 6.07) is 14.8. The molecule has 0 spiro atoms. The SMILES string of the molecule is CC(=O)c1ccc(S(=O)(=O)NCC[C@H](O)c2ccccc2)cc1. The highest BCUT2D eigenvalue weighted by molar-refractivity contribution is 7.89. The highest BCUT2D eigenvalue weighted by atomic mass is 32.2. The fourth-order valence-electron chi connectivity index (χ4n) is 2.12. The number of Topliss-reactive ketones (excluding diaryl/α,β-unsaturated/α-hetero) is 1. The summed E-state index contributed by atoms with van der Waals surface area (Å²) in [5.74, 6) is -0.118. The van der Waals surface area contributed by atoms with Gasteiger partial charge in [0, 0.05) is 12.1 Å². The molecule has 0 saturated carbocycles. The molecule has 0 aliphatic carbocycles. The van der Waals surface area contributed by atoms with Crippen molar-refractivity contribution in [1.29, 1.82) is 0 Å². The van der Waals surface area contributed by atoms with Gasteiger partial charge in [-0.2, -0.15) is 0 Å². The zero-order valence-corrected chi connectivity index (χ0v) is 13.6. The van der Waals surface area contributed by atoms with Crippen molar-refractivity contribution in [3.05, 3.63) is 65.7 Å². The summed E-state index contributed by atoms with van der Waals surface area (Å²) in [6.07, 6.45) is -0.451. The number of hydrogen-bond donors (Lipinski definition) is 2. The Morgan fingerprint density at radius 3 is 2.26 bits per heavy atom. The van der Waals surface area contributed by atoms with Crippen LogP contribution in [0.5, 0.6) is 0 Å². The van der Waals surface area contributed by atoms with Crippen LogP contribution in [0.4, 0.5) is 0 Å². The van der Waals surface area contributed by atoms with Crippen molar-refractivity contribution in [1.82, 2.24) is 4.72 Å². The lowest BCUT2D eigenvalue weighted by molar-refractivity contribution is 0.101. The van der Waals surface area contributed by atoms with E-state index in [-0.39, 0.29) is 23.6 Å². The van der Waals surface area contributed by atoms with E-state index >= 15 is 0 Å². The fourth-order valence-corrected chi connectivity index (χ4v) is 3.17. The van der Waals surface area contributed by atoms with Gasteiger partial charge in [0.2, 0.25) is 10.0 Å². The average Bonchev–Trinajstić information content (AvgIpc) is 2.55. The number of nitrogens with one attached hydrogen (secondary N) is 1. The number of carbonyl (C=O) groups is 1. The van der Waals surface area contributed by atoms with Crippen LogP contribution < -0.4 is 4.72 Å². The van der Waals surface area contributed by atoms with Gasteiger partial charge in [-0.05, 0) is 31.0 Å². The molecule has 0 saturated heterocycles. The number of aliphatic hydroxyl groups is 1. The Bertz CT molecular complexity index is 755. The molecule has 0 aliphatic rings. The van der Waals surface area contributed by atoms with E-state index in [1.165, 1.54) is 31.2 Å². The first-order chi connectivity index (χ1) is 10.9. The first-order valence-corrected chi connectivity index (χ1v) is 8.72. The predicted molar refractivity (Wildman–Crippen MR) is 87.7 cm³/mol. The van der Waals surface area contributed by atoms with Crippen molar-refractivity contribution in [2.24, 2.45) is 0 Å². The third kappa shape index (κ3) is 4.72. The largest absolute Gasteiger partial charge is 0.388 e. The third-order valence-electron chi connectivity index (χ3n) is 3.47. The zero-order chi connectivity index (χ0) is 16.9. The summed E-state index contributed by atoms with van der Waals surface area (Å²) in [7, 11) is -3.65. The fraction of sp³-hybridized carbons (Fsp3) is 0.235. The molecule has 5 nitrogen and oxygen atoms in total. The van der Waals surface area contributed by atoms with Crippen LogP contribution in [0.1, 0.15) is 35.4 Å². The van der Waals surface area contributed by atoms with Gasteiger partial charge in [0.1, 0.15) is 0 Å². The number of rotatable bonds is 7. The molecule has 2 aromatic carbocycles. The van der Waals surface area contributed by atoms with E-state index in [2.05, 4.69) is 4.72 Å². The van der Waals surface area contributed by atoms with E-state index in [0.29, 0.717) is 5.56 Å². The maximum atomic E-state index is 12.2. The average molecular weight is 333 g/mol. The first kappa shape index (κ1) is 17.3. The molecule has 0 heterocycles. The van der Waals surface area contributed by atoms with Gasteiger partial charge < -0.3 is 5.11 Å². The van der Waals surface area contributed by atoms with Crippen LogP contribution in [0.2, 0.25) is 0 Å². The van der Waals surface area contributed by atoms with Crippen molar-refractivity contribution >= 4 is 15.8 Å². The highest BCUT2D eigenvalue weighted by Crippen LogP contribution is 2.16.